The Balaban J connectivity index is 1.54. The van der Waals surface area contributed by atoms with Gasteiger partial charge in [0.2, 0.25) is 5.91 Å². The van der Waals surface area contributed by atoms with E-state index in [1.807, 2.05) is 128 Å². The molecule has 7 nitrogen and oxygen atoms in total. The van der Waals surface area contributed by atoms with Crippen molar-refractivity contribution in [2.24, 2.45) is 5.73 Å². The van der Waals surface area contributed by atoms with Crippen molar-refractivity contribution in [3.63, 3.8) is 0 Å². The highest BCUT2D eigenvalue weighted by molar-refractivity contribution is 5.84. The molecule has 0 unspecified atom stereocenters. The highest BCUT2D eigenvalue weighted by atomic mass is 16.6. The number of nitrogens with two attached hydrogens (primary N) is 1. The minimum Gasteiger partial charge on any atom is -0.480 e. The number of amides is 2. The van der Waals surface area contributed by atoms with E-state index in [0.29, 0.717) is 16.7 Å². The van der Waals surface area contributed by atoms with Gasteiger partial charge in [-0.1, -0.05) is 139 Å². The number of rotatable bonds is 11. The monoisotopic (exact) mass is 624 g/mol. The van der Waals surface area contributed by atoms with E-state index in [1.165, 1.54) is 4.90 Å². The standard InChI is InChI=1S/C40H36N2O5/c1-27-20-22-30(23-21-27)40(28-12-4-2-5-13-28,29-14-6-3-7-15-29)42(36(38(44)45)24-25-37(41)43)39(46)47-26-35-33-18-10-8-16-31(33)32-17-9-11-19-34(32)35/h2-23,35-36H,24-26H2,1H3,(H2,41,43)(H,44,45)/t36-/m1/s1. The molecule has 0 saturated heterocycles. The van der Waals surface area contributed by atoms with Gasteiger partial charge in [-0.2, -0.15) is 0 Å². The van der Waals surface area contributed by atoms with Gasteiger partial charge < -0.3 is 15.6 Å². The molecule has 0 aliphatic heterocycles. The Labute approximate surface area is 274 Å². The summed E-state index contributed by atoms with van der Waals surface area (Å²) < 4.78 is 6.24. The number of hydrogen-bond acceptors (Lipinski definition) is 4. The van der Waals surface area contributed by atoms with Gasteiger partial charge in [-0.05, 0) is 52.3 Å². The predicted molar refractivity (Wildman–Crippen MR) is 181 cm³/mol. The summed E-state index contributed by atoms with van der Waals surface area (Å²) in [6.45, 7) is 1.95. The van der Waals surface area contributed by atoms with E-state index in [4.69, 9.17) is 10.5 Å². The van der Waals surface area contributed by atoms with E-state index in [-0.39, 0.29) is 25.4 Å². The number of aliphatic carboxylic acids is 1. The lowest BCUT2D eigenvalue weighted by Gasteiger charge is -2.47. The second-order valence-corrected chi connectivity index (χ2v) is 11.8. The van der Waals surface area contributed by atoms with E-state index in [2.05, 4.69) is 12.1 Å². The number of ether oxygens (including phenoxy) is 1. The molecular formula is C40H36N2O5. The third kappa shape index (κ3) is 5.88. The molecule has 236 valence electrons. The van der Waals surface area contributed by atoms with Crippen LogP contribution >= 0.6 is 0 Å². The fourth-order valence-electron chi connectivity index (χ4n) is 6.87. The Hall–Kier alpha value is -5.69. The average Bonchev–Trinajstić information content (AvgIpc) is 3.41. The third-order valence-corrected chi connectivity index (χ3v) is 9.01. The number of fused-ring (bicyclic) bond motifs is 3. The van der Waals surface area contributed by atoms with E-state index < -0.39 is 29.6 Å². The van der Waals surface area contributed by atoms with Crippen molar-refractivity contribution < 1.29 is 24.2 Å². The summed E-state index contributed by atoms with van der Waals surface area (Å²) in [7, 11) is 0. The van der Waals surface area contributed by atoms with Crippen molar-refractivity contribution in [2.75, 3.05) is 6.61 Å². The molecule has 3 N–H and O–H groups in total. The molecule has 5 aromatic carbocycles. The molecule has 0 fully saturated rings. The maximum absolute atomic E-state index is 14.9. The van der Waals surface area contributed by atoms with Crippen molar-refractivity contribution in [1.82, 2.24) is 4.90 Å². The summed E-state index contributed by atoms with van der Waals surface area (Å²) in [5.74, 6) is -2.18. The van der Waals surface area contributed by atoms with E-state index in [9.17, 15) is 19.5 Å². The highest BCUT2D eigenvalue weighted by Crippen LogP contribution is 2.47. The van der Waals surface area contributed by atoms with Crippen LogP contribution in [0.5, 0.6) is 0 Å². The van der Waals surface area contributed by atoms with Gasteiger partial charge in [-0.15, -0.1) is 0 Å². The number of nitrogens with zero attached hydrogens (tertiary/aromatic N) is 1. The molecule has 0 aromatic heterocycles. The lowest BCUT2D eigenvalue weighted by Crippen LogP contribution is -2.58. The van der Waals surface area contributed by atoms with Crippen LogP contribution in [0.25, 0.3) is 11.1 Å². The topological polar surface area (TPSA) is 110 Å². The van der Waals surface area contributed by atoms with Crippen LogP contribution in [0.15, 0.2) is 133 Å². The molecule has 1 aliphatic carbocycles. The fraction of sp³-hybridized carbons (Fsp3) is 0.175. The predicted octanol–water partition coefficient (Wildman–Crippen LogP) is 7.26. The van der Waals surface area contributed by atoms with Gasteiger partial charge in [0.15, 0.2) is 0 Å². The normalized spacial score (nSPS) is 12.9. The van der Waals surface area contributed by atoms with Crippen molar-refractivity contribution in [3.8, 4) is 11.1 Å². The quantitative estimate of drug-likeness (QED) is 0.150. The van der Waals surface area contributed by atoms with Gasteiger partial charge in [0, 0.05) is 12.3 Å². The van der Waals surface area contributed by atoms with Crippen LogP contribution in [0, 0.1) is 6.92 Å². The van der Waals surface area contributed by atoms with Gasteiger partial charge in [-0.25, -0.2) is 9.59 Å². The Morgan fingerprint density at radius 3 is 1.68 bits per heavy atom. The zero-order valence-electron chi connectivity index (χ0n) is 26.1. The lowest BCUT2D eigenvalue weighted by atomic mass is 9.74. The van der Waals surface area contributed by atoms with Crippen molar-refractivity contribution >= 4 is 18.0 Å². The molecule has 0 radical (unpaired) electrons. The van der Waals surface area contributed by atoms with Crippen LogP contribution in [0.2, 0.25) is 0 Å². The molecule has 5 aromatic rings. The largest absolute Gasteiger partial charge is 0.480 e. The first kappa shape index (κ1) is 31.3. The number of carbonyl (C=O) groups excluding carboxylic acids is 2. The lowest BCUT2D eigenvalue weighted by molar-refractivity contribution is -0.144. The molecule has 0 bridgehead atoms. The van der Waals surface area contributed by atoms with Crippen molar-refractivity contribution in [2.45, 2.75) is 37.3 Å². The summed E-state index contributed by atoms with van der Waals surface area (Å²) in [6.07, 6.45) is -1.27. The summed E-state index contributed by atoms with van der Waals surface area (Å²) >= 11 is 0. The number of carbonyl (C=O) groups is 3. The molecule has 0 spiro atoms. The molecule has 2 amide bonds. The number of carboxylic acid groups (broad SMARTS) is 1. The smallest absolute Gasteiger partial charge is 0.411 e. The third-order valence-electron chi connectivity index (χ3n) is 9.01. The fourth-order valence-corrected chi connectivity index (χ4v) is 6.87. The molecule has 7 heteroatoms. The van der Waals surface area contributed by atoms with Crippen LogP contribution in [-0.2, 0) is 19.9 Å². The Kier molecular flexibility index (Phi) is 8.89. The van der Waals surface area contributed by atoms with Crippen LogP contribution in [0.4, 0.5) is 4.79 Å². The zero-order chi connectivity index (χ0) is 33.0. The first-order valence-corrected chi connectivity index (χ1v) is 15.7. The average molecular weight is 625 g/mol. The van der Waals surface area contributed by atoms with E-state index in [0.717, 1.165) is 27.8 Å². The Morgan fingerprint density at radius 1 is 0.723 bits per heavy atom. The zero-order valence-corrected chi connectivity index (χ0v) is 26.1. The molecule has 1 aliphatic rings. The summed E-state index contributed by atoms with van der Waals surface area (Å²) in [4.78, 5) is 41.5. The van der Waals surface area contributed by atoms with Gasteiger partial charge in [0.05, 0.1) is 0 Å². The minimum absolute atomic E-state index is 0.0148. The molecule has 0 saturated carbocycles. The van der Waals surface area contributed by atoms with Gasteiger partial charge in [0.1, 0.15) is 18.2 Å². The highest BCUT2D eigenvalue weighted by Gasteiger charge is 2.51. The van der Waals surface area contributed by atoms with Crippen molar-refractivity contribution in [3.05, 3.63) is 167 Å². The first-order chi connectivity index (χ1) is 22.8. The number of aryl methyl sites for hydroxylation is 1. The molecular weight excluding hydrogens is 588 g/mol. The van der Waals surface area contributed by atoms with E-state index in [1.54, 1.807) is 0 Å². The molecule has 1 atom stereocenters. The van der Waals surface area contributed by atoms with Crippen molar-refractivity contribution in [1.29, 1.82) is 0 Å². The summed E-state index contributed by atoms with van der Waals surface area (Å²) in [5, 5.41) is 10.8. The number of benzene rings is 5. The number of primary amides is 1. The maximum Gasteiger partial charge on any atom is 0.411 e. The van der Waals surface area contributed by atoms with Gasteiger partial charge in [0.25, 0.3) is 0 Å². The SMILES string of the molecule is Cc1ccc(C(c2ccccc2)(c2ccccc2)N(C(=O)OCC2c3ccccc3-c3ccccc32)[C@H](CCC(N)=O)C(=O)O)cc1. The number of carboxylic acids is 1. The first-order valence-electron chi connectivity index (χ1n) is 15.7. The molecule has 0 heterocycles. The van der Waals surface area contributed by atoms with Gasteiger partial charge in [-0.3, -0.25) is 9.69 Å². The van der Waals surface area contributed by atoms with Crippen LogP contribution in [0.3, 0.4) is 0 Å². The second kappa shape index (κ2) is 13.3. The molecule has 47 heavy (non-hydrogen) atoms. The number of hydrogen-bond donors (Lipinski definition) is 2. The van der Waals surface area contributed by atoms with Crippen LogP contribution in [-0.4, -0.2) is 40.6 Å². The van der Waals surface area contributed by atoms with Gasteiger partial charge >= 0.3 is 12.1 Å². The van der Waals surface area contributed by atoms with Crippen LogP contribution in [0.1, 0.15) is 52.1 Å². The summed E-state index contributed by atoms with van der Waals surface area (Å²) in [6, 6.07) is 41.0. The second-order valence-electron chi connectivity index (χ2n) is 11.8. The maximum atomic E-state index is 14.9. The minimum atomic E-state index is -1.47. The Bertz CT molecular complexity index is 1800. The molecule has 6 rings (SSSR count). The Morgan fingerprint density at radius 2 is 1.19 bits per heavy atom. The summed E-state index contributed by atoms with van der Waals surface area (Å²) in [5.41, 5.74) is 11.3. The van der Waals surface area contributed by atoms with Crippen LogP contribution < -0.4 is 5.73 Å². The van der Waals surface area contributed by atoms with E-state index >= 15 is 0 Å².